The molecular formula is C24H29N3O3S. The second-order valence-corrected chi connectivity index (χ2v) is 8.80. The van der Waals surface area contributed by atoms with Gasteiger partial charge in [-0.15, -0.1) is 11.8 Å². The largest absolute Gasteiger partial charge is 0.319 e. The molecule has 0 aliphatic carbocycles. The van der Waals surface area contributed by atoms with E-state index in [9.17, 15) is 14.4 Å². The van der Waals surface area contributed by atoms with Crippen molar-refractivity contribution >= 4 is 29.9 Å². The van der Waals surface area contributed by atoms with Crippen LogP contribution in [0.3, 0.4) is 0 Å². The van der Waals surface area contributed by atoms with Crippen molar-refractivity contribution in [2.75, 3.05) is 20.6 Å². The van der Waals surface area contributed by atoms with Crippen LogP contribution in [0.1, 0.15) is 39.9 Å². The van der Waals surface area contributed by atoms with Crippen molar-refractivity contribution < 1.29 is 14.4 Å². The second-order valence-electron chi connectivity index (χ2n) is 7.78. The van der Waals surface area contributed by atoms with Crippen molar-refractivity contribution in [3.8, 4) is 0 Å². The lowest BCUT2D eigenvalue weighted by Gasteiger charge is -2.30. The van der Waals surface area contributed by atoms with E-state index in [1.54, 1.807) is 17.8 Å². The van der Waals surface area contributed by atoms with E-state index in [2.05, 4.69) is 34.9 Å². The Hall–Kier alpha value is -2.48. The van der Waals surface area contributed by atoms with Gasteiger partial charge < -0.3 is 5.32 Å². The summed E-state index contributed by atoms with van der Waals surface area (Å²) in [5.74, 6) is 0.301. The van der Waals surface area contributed by atoms with E-state index in [0.29, 0.717) is 24.9 Å². The van der Waals surface area contributed by atoms with Crippen LogP contribution >= 0.6 is 11.8 Å². The minimum Gasteiger partial charge on any atom is -0.319 e. The molecule has 164 valence electrons. The summed E-state index contributed by atoms with van der Waals surface area (Å²) in [7, 11) is 3.81. The highest BCUT2D eigenvalue weighted by Gasteiger charge is 2.30. The van der Waals surface area contributed by atoms with Gasteiger partial charge in [-0.3, -0.25) is 24.6 Å². The number of nitrogens with one attached hydrogen (secondary N) is 2. The van der Waals surface area contributed by atoms with Crippen LogP contribution < -0.4 is 10.6 Å². The Balaban J connectivity index is 1.70. The van der Waals surface area contributed by atoms with Crippen LogP contribution in [0.25, 0.3) is 0 Å². The molecule has 0 bridgehead atoms. The van der Waals surface area contributed by atoms with E-state index in [1.165, 1.54) is 11.1 Å². The molecule has 1 unspecified atom stereocenters. The molecule has 1 fully saturated rings. The number of thioether (sulfide) groups is 1. The summed E-state index contributed by atoms with van der Waals surface area (Å²) in [6.07, 6.45) is 2.70. The molecule has 1 aliphatic heterocycles. The number of imide groups is 1. The van der Waals surface area contributed by atoms with Gasteiger partial charge in [0.15, 0.2) is 0 Å². The van der Waals surface area contributed by atoms with Crippen molar-refractivity contribution in [3.63, 3.8) is 0 Å². The monoisotopic (exact) mass is 439 g/mol. The highest BCUT2D eigenvalue weighted by molar-refractivity contribution is 7.98. The molecule has 1 atom stereocenters. The molecule has 0 radical (unpaired) electrons. The normalized spacial score (nSPS) is 16.4. The van der Waals surface area contributed by atoms with Gasteiger partial charge in [0.1, 0.15) is 6.29 Å². The lowest BCUT2D eigenvalue weighted by molar-refractivity contribution is -0.137. The minimum absolute atomic E-state index is 0.226. The highest BCUT2D eigenvalue weighted by atomic mass is 32.2. The maximum Gasteiger partial charge on any atom is 0.243 e. The van der Waals surface area contributed by atoms with Crippen LogP contribution in [0.2, 0.25) is 0 Å². The number of hydrogen-bond acceptors (Lipinski definition) is 6. The first-order chi connectivity index (χ1) is 15.0. The molecule has 6 nitrogen and oxygen atoms in total. The summed E-state index contributed by atoms with van der Waals surface area (Å²) in [6.45, 7) is 1.42. The molecule has 2 aromatic carbocycles. The predicted molar refractivity (Wildman–Crippen MR) is 123 cm³/mol. The molecule has 2 amide bonds. The maximum atomic E-state index is 12.2. The summed E-state index contributed by atoms with van der Waals surface area (Å²) in [6, 6.07) is 14.0. The topological polar surface area (TPSA) is 78.5 Å². The van der Waals surface area contributed by atoms with E-state index < -0.39 is 0 Å². The summed E-state index contributed by atoms with van der Waals surface area (Å²) in [5, 5.41) is 5.57. The molecule has 0 spiro atoms. The number of hydrogen-bond donors (Lipinski definition) is 2. The van der Waals surface area contributed by atoms with Crippen molar-refractivity contribution in [1.29, 1.82) is 0 Å². The molecule has 2 N–H and O–H groups in total. The molecule has 0 saturated carbocycles. The van der Waals surface area contributed by atoms with Crippen LogP contribution in [-0.4, -0.2) is 49.7 Å². The number of likely N-dealkylation sites (N-methyl/N-ethyl adjacent to an activating group) is 2. The van der Waals surface area contributed by atoms with E-state index in [-0.39, 0.29) is 17.9 Å². The molecule has 1 heterocycles. The van der Waals surface area contributed by atoms with Gasteiger partial charge in [0.05, 0.1) is 6.04 Å². The van der Waals surface area contributed by atoms with Crippen LogP contribution in [0.15, 0.2) is 47.4 Å². The van der Waals surface area contributed by atoms with Gasteiger partial charge in [-0.1, -0.05) is 36.4 Å². The highest BCUT2D eigenvalue weighted by Crippen LogP contribution is 2.30. The summed E-state index contributed by atoms with van der Waals surface area (Å²) in [5.41, 5.74) is 4.07. The molecule has 31 heavy (non-hydrogen) atoms. The van der Waals surface area contributed by atoms with E-state index in [1.807, 2.05) is 31.1 Å². The predicted octanol–water partition coefficient (Wildman–Crippen LogP) is 2.79. The number of benzene rings is 2. The standard InChI is InChI=1S/C24H29N3O3S/c1-25-13-12-17-6-8-18(9-7-17)16-31-22-5-3-4-19(15-28)20(22)14-27(2)21-10-11-23(29)26-24(21)30/h3-9,15,21,25H,10-14,16H2,1-2H3,(H,26,29,30). The van der Waals surface area contributed by atoms with E-state index in [0.717, 1.165) is 35.5 Å². The van der Waals surface area contributed by atoms with Gasteiger partial charge >= 0.3 is 0 Å². The molecule has 2 aromatic rings. The first-order valence-electron chi connectivity index (χ1n) is 10.5. The molecule has 0 aromatic heterocycles. The van der Waals surface area contributed by atoms with E-state index in [4.69, 9.17) is 0 Å². The van der Waals surface area contributed by atoms with Crippen LogP contribution in [0.4, 0.5) is 0 Å². The smallest absolute Gasteiger partial charge is 0.243 e. The number of aldehydes is 1. The summed E-state index contributed by atoms with van der Waals surface area (Å²) in [4.78, 5) is 38.3. The van der Waals surface area contributed by atoms with Crippen LogP contribution in [-0.2, 0) is 28.3 Å². The molecule has 7 heteroatoms. The SMILES string of the molecule is CNCCc1ccc(CSc2cccc(C=O)c2CN(C)C2CCC(=O)NC2=O)cc1. The minimum atomic E-state index is -0.375. The van der Waals surface area contributed by atoms with Crippen LogP contribution in [0.5, 0.6) is 0 Å². The zero-order chi connectivity index (χ0) is 22.2. The van der Waals surface area contributed by atoms with Crippen LogP contribution in [0, 0.1) is 0 Å². The van der Waals surface area contributed by atoms with Crippen molar-refractivity contribution in [3.05, 3.63) is 64.7 Å². The maximum absolute atomic E-state index is 12.2. The molecular weight excluding hydrogens is 410 g/mol. The van der Waals surface area contributed by atoms with Gasteiger partial charge in [0.25, 0.3) is 0 Å². The average Bonchev–Trinajstić information content (AvgIpc) is 2.77. The number of piperidine rings is 1. The van der Waals surface area contributed by atoms with E-state index >= 15 is 0 Å². The first kappa shape index (κ1) is 23.2. The Labute approximate surface area is 187 Å². The second kappa shape index (κ2) is 11.2. The first-order valence-corrected chi connectivity index (χ1v) is 11.5. The summed E-state index contributed by atoms with van der Waals surface area (Å²) < 4.78 is 0. The van der Waals surface area contributed by atoms with Gasteiger partial charge in [-0.2, -0.15) is 0 Å². The van der Waals surface area contributed by atoms with Crippen molar-refractivity contribution in [2.45, 2.75) is 42.5 Å². The molecule has 3 rings (SSSR count). The van der Waals surface area contributed by atoms with Crippen molar-refractivity contribution in [2.24, 2.45) is 0 Å². The third-order valence-corrected chi connectivity index (χ3v) is 6.70. The Morgan fingerprint density at radius 2 is 1.90 bits per heavy atom. The third-order valence-electron chi connectivity index (χ3n) is 5.53. The Morgan fingerprint density at radius 3 is 2.58 bits per heavy atom. The Kier molecular flexibility index (Phi) is 8.40. The van der Waals surface area contributed by atoms with Gasteiger partial charge in [-0.25, -0.2) is 0 Å². The number of amides is 2. The molecule has 1 saturated heterocycles. The quantitative estimate of drug-likeness (QED) is 0.337. The fourth-order valence-electron chi connectivity index (χ4n) is 3.69. The number of carbonyl (C=O) groups excluding carboxylic acids is 3. The fourth-order valence-corrected chi connectivity index (χ4v) is 4.74. The third kappa shape index (κ3) is 6.26. The molecule has 1 aliphatic rings. The zero-order valence-electron chi connectivity index (χ0n) is 18.0. The average molecular weight is 440 g/mol. The van der Waals surface area contributed by atoms with Crippen molar-refractivity contribution in [1.82, 2.24) is 15.5 Å². The fraction of sp³-hybridized carbons (Fsp3) is 0.375. The van der Waals surface area contributed by atoms with Gasteiger partial charge in [0.2, 0.25) is 11.8 Å². The Bertz CT molecular complexity index is 930. The lowest BCUT2D eigenvalue weighted by atomic mass is 10.0. The lowest BCUT2D eigenvalue weighted by Crippen LogP contribution is -2.51. The van der Waals surface area contributed by atoms with Gasteiger partial charge in [0, 0.05) is 29.2 Å². The number of nitrogens with zero attached hydrogens (tertiary/aromatic N) is 1. The number of carbonyl (C=O) groups is 3. The summed E-state index contributed by atoms with van der Waals surface area (Å²) >= 11 is 1.69. The Morgan fingerprint density at radius 1 is 1.16 bits per heavy atom. The zero-order valence-corrected chi connectivity index (χ0v) is 18.8. The van der Waals surface area contributed by atoms with Gasteiger partial charge in [-0.05, 0) is 56.2 Å². The number of rotatable bonds is 10.